The van der Waals surface area contributed by atoms with Crippen LogP contribution in [0.4, 0.5) is 5.69 Å². The number of hydrogen-bond acceptors (Lipinski definition) is 5. The van der Waals surface area contributed by atoms with Crippen LogP contribution in [-0.2, 0) is 0 Å². The first kappa shape index (κ1) is 19.3. The maximum absolute atomic E-state index is 13.3. The molecule has 3 aromatic rings. The van der Waals surface area contributed by atoms with Gasteiger partial charge in [0.15, 0.2) is 5.78 Å². The molecule has 0 radical (unpaired) electrons. The molecule has 1 unspecified atom stereocenters. The lowest BCUT2D eigenvalue weighted by atomic mass is 9.96. The van der Waals surface area contributed by atoms with E-state index in [2.05, 4.69) is 5.32 Å². The van der Waals surface area contributed by atoms with Crippen molar-refractivity contribution in [3.05, 3.63) is 83.9 Å². The average Bonchev–Trinajstić information content (AvgIpc) is 2.77. The number of methoxy groups -OCH3 is 3. The van der Waals surface area contributed by atoms with Crippen LogP contribution in [0.25, 0.3) is 0 Å². The van der Waals surface area contributed by atoms with Crippen molar-refractivity contribution in [1.29, 1.82) is 0 Å². The molecule has 0 aliphatic heterocycles. The van der Waals surface area contributed by atoms with Gasteiger partial charge in [0.25, 0.3) is 0 Å². The van der Waals surface area contributed by atoms with Crippen LogP contribution < -0.4 is 19.5 Å². The molecule has 0 bridgehead atoms. The molecule has 3 rings (SSSR count). The van der Waals surface area contributed by atoms with Crippen molar-refractivity contribution in [3.8, 4) is 17.2 Å². The van der Waals surface area contributed by atoms with Crippen molar-refractivity contribution in [2.45, 2.75) is 6.04 Å². The number of carbonyl (C=O) groups is 1. The number of anilines is 1. The molecular weight excluding hydrogens is 354 g/mol. The molecule has 5 nitrogen and oxygen atoms in total. The van der Waals surface area contributed by atoms with E-state index in [1.165, 1.54) is 0 Å². The summed E-state index contributed by atoms with van der Waals surface area (Å²) >= 11 is 0. The largest absolute Gasteiger partial charge is 0.497 e. The third-order valence-electron chi connectivity index (χ3n) is 4.49. The van der Waals surface area contributed by atoms with Crippen molar-refractivity contribution in [2.24, 2.45) is 0 Å². The van der Waals surface area contributed by atoms with Crippen molar-refractivity contribution < 1.29 is 19.0 Å². The van der Waals surface area contributed by atoms with Gasteiger partial charge in [0.1, 0.15) is 23.3 Å². The van der Waals surface area contributed by atoms with E-state index in [0.717, 1.165) is 22.7 Å². The lowest BCUT2D eigenvalue weighted by Gasteiger charge is -2.20. The van der Waals surface area contributed by atoms with Crippen LogP contribution in [0.5, 0.6) is 17.2 Å². The first-order valence-corrected chi connectivity index (χ1v) is 8.87. The van der Waals surface area contributed by atoms with E-state index in [9.17, 15) is 4.79 Å². The number of rotatable bonds is 8. The SMILES string of the molecule is COc1ccc(NC(C(=O)c2ccc(OC)cc2)c2ccc(OC)cc2)cc1. The summed E-state index contributed by atoms with van der Waals surface area (Å²) < 4.78 is 15.6. The van der Waals surface area contributed by atoms with Gasteiger partial charge in [-0.25, -0.2) is 0 Å². The van der Waals surface area contributed by atoms with Gasteiger partial charge in [-0.05, 0) is 66.2 Å². The highest BCUT2D eigenvalue weighted by molar-refractivity contribution is 6.02. The number of Topliss-reactive ketones (excluding diaryl/α,β-unsaturated/α-hetero) is 1. The van der Waals surface area contributed by atoms with E-state index in [1.54, 1.807) is 45.6 Å². The van der Waals surface area contributed by atoms with Crippen molar-refractivity contribution in [3.63, 3.8) is 0 Å². The molecule has 28 heavy (non-hydrogen) atoms. The molecule has 0 saturated carbocycles. The van der Waals surface area contributed by atoms with Crippen molar-refractivity contribution in [1.82, 2.24) is 0 Å². The summed E-state index contributed by atoms with van der Waals surface area (Å²) in [4.78, 5) is 13.3. The van der Waals surface area contributed by atoms with E-state index in [0.29, 0.717) is 11.3 Å². The molecule has 1 N–H and O–H groups in total. The third kappa shape index (κ3) is 4.43. The molecule has 0 aliphatic rings. The Bertz CT molecular complexity index is 903. The zero-order valence-corrected chi connectivity index (χ0v) is 16.1. The van der Waals surface area contributed by atoms with Crippen LogP contribution in [0.15, 0.2) is 72.8 Å². The van der Waals surface area contributed by atoms with E-state index < -0.39 is 6.04 Å². The number of ether oxygens (including phenoxy) is 3. The Morgan fingerprint density at radius 2 is 1.11 bits per heavy atom. The predicted octanol–water partition coefficient (Wildman–Crippen LogP) is 4.75. The smallest absolute Gasteiger partial charge is 0.189 e. The van der Waals surface area contributed by atoms with Crippen LogP contribution in [0.1, 0.15) is 22.0 Å². The summed E-state index contributed by atoms with van der Waals surface area (Å²) in [6.07, 6.45) is 0. The average molecular weight is 377 g/mol. The summed E-state index contributed by atoms with van der Waals surface area (Å²) in [7, 11) is 4.84. The summed E-state index contributed by atoms with van der Waals surface area (Å²) in [6.45, 7) is 0. The molecule has 0 fully saturated rings. The molecule has 0 aromatic heterocycles. The summed E-state index contributed by atoms with van der Waals surface area (Å²) in [5.74, 6) is 2.17. The molecule has 3 aromatic carbocycles. The maximum atomic E-state index is 13.3. The monoisotopic (exact) mass is 377 g/mol. The molecule has 1 atom stereocenters. The van der Waals surface area contributed by atoms with Crippen LogP contribution in [0.2, 0.25) is 0 Å². The summed E-state index contributed by atoms with van der Waals surface area (Å²) in [5.41, 5.74) is 2.27. The van der Waals surface area contributed by atoms with Crippen molar-refractivity contribution in [2.75, 3.05) is 26.6 Å². The Labute approximate surface area is 164 Å². The Morgan fingerprint density at radius 3 is 1.57 bits per heavy atom. The van der Waals surface area contributed by atoms with Crippen LogP contribution in [0.3, 0.4) is 0 Å². The number of benzene rings is 3. The summed E-state index contributed by atoms with van der Waals surface area (Å²) in [5, 5.41) is 3.33. The fourth-order valence-corrected chi connectivity index (χ4v) is 2.87. The van der Waals surface area contributed by atoms with Gasteiger partial charge in [0.2, 0.25) is 0 Å². The highest BCUT2D eigenvalue weighted by Gasteiger charge is 2.22. The first-order chi connectivity index (χ1) is 13.6. The zero-order chi connectivity index (χ0) is 19.9. The van der Waals surface area contributed by atoms with E-state index in [-0.39, 0.29) is 5.78 Å². The summed E-state index contributed by atoms with van der Waals surface area (Å²) in [6, 6.07) is 21.5. The molecule has 0 aliphatic carbocycles. The predicted molar refractivity (Wildman–Crippen MR) is 110 cm³/mol. The minimum atomic E-state index is -0.548. The number of hydrogen-bond donors (Lipinski definition) is 1. The van der Waals surface area contributed by atoms with Gasteiger partial charge in [-0.1, -0.05) is 12.1 Å². The second kappa shape index (κ2) is 8.95. The number of nitrogens with one attached hydrogen (secondary N) is 1. The molecular formula is C23H23NO4. The lowest BCUT2D eigenvalue weighted by Crippen LogP contribution is -2.21. The highest BCUT2D eigenvalue weighted by Crippen LogP contribution is 2.27. The Morgan fingerprint density at radius 1 is 0.679 bits per heavy atom. The maximum Gasteiger partial charge on any atom is 0.189 e. The number of ketones is 1. The zero-order valence-electron chi connectivity index (χ0n) is 16.1. The normalized spacial score (nSPS) is 11.4. The van der Waals surface area contributed by atoms with Gasteiger partial charge in [-0.15, -0.1) is 0 Å². The molecule has 0 saturated heterocycles. The minimum absolute atomic E-state index is 0.0383. The second-order valence-corrected chi connectivity index (χ2v) is 6.17. The molecule has 144 valence electrons. The minimum Gasteiger partial charge on any atom is -0.497 e. The van der Waals surface area contributed by atoms with Gasteiger partial charge in [-0.3, -0.25) is 4.79 Å². The van der Waals surface area contributed by atoms with Crippen molar-refractivity contribution >= 4 is 11.5 Å². The van der Waals surface area contributed by atoms with Gasteiger partial charge >= 0.3 is 0 Å². The van der Waals surface area contributed by atoms with E-state index >= 15 is 0 Å². The standard InChI is InChI=1S/C23H23NO4/c1-26-19-10-4-16(5-11-19)22(24-18-8-14-21(28-3)15-9-18)23(25)17-6-12-20(27-2)13-7-17/h4-15,22,24H,1-3H3. The molecule has 0 amide bonds. The highest BCUT2D eigenvalue weighted by atomic mass is 16.5. The fourth-order valence-electron chi connectivity index (χ4n) is 2.87. The fraction of sp³-hybridized carbons (Fsp3) is 0.174. The molecule has 0 heterocycles. The van der Waals surface area contributed by atoms with Gasteiger partial charge in [-0.2, -0.15) is 0 Å². The van der Waals surface area contributed by atoms with Crippen LogP contribution in [0, 0.1) is 0 Å². The van der Waals surface area contributed by atoms with Gasteiger partial charge in [0, 0.05) is 11.3 Å². The molecule has 0 spiro atoms. The van der Waals surface area contributed by atoms with E-state index in [1.807, 2.05) is 48.5 Å². The van der Waals surface area contributed by atoms with Gasteiger partial charge < -0.3 is 19.5 Å². The third-order valence-corrected chi connectivity index (χ3v) is 4.49. The lowest BCUT2D eigenvalue weighted by molar-refractivity contribution is 0.0969. The van der Waals surface area contributed by atoms with Gasteiger partial charge in [0.05, 0.1) is 21.3 Å². The quantitative estimate of drug-likeness (QED) is 0.574. The molecule has 5 heteroatoms. The van der Waals surface area contributed by atoms with Crippen LogP contribution in [-0.4, -0.2) is 27.1 Å². The second-order valence-electron chi connectivity index (χ2n) is 6.17. The Hall–Kier alpha value is -3.47. The Kier molecular flexibility index (Phi) is 6.17. The first-order valence-electron chi connectivity index (χ1n) is 8.87. The van der Waals surface area contributed by atoms with E-state index in [4.69, 9.17) is 14.2 Å². The topological polar surface area (TPSA) is 56.8 Å². The Balaban J connectivity index is 1.92. The number of carbonyl (C=O) groups excluding carboxylic acids is 1. The van der Waals surface area contributed by atoms with Crippen LogP contribution >= 0.6 is 0 Å².